The molecule has 2 aliphatic heterocycles. The number of phenolic OH excluding ortho intramolecular Hbond substituents is 2. The highest BCUT2D eigenvalue weighted by molar-refractivity contribution is 5.97. The summed E-state index contributed by atoms with van der Waals surface area (Å²) >= 11 is 0. The van der Waals surface area contributed by atoms with E-state index >= 15 is 0 Å². The lowest BCUT2D eigenvalue weighted by atomic mass is 9.97. The van der Waals surface area contributed by atoms with E-state index in [0.29, 0.717) is 30.6 Å². The molecule has 0 aliphatic carbocycles. The first kappa shape index (κ1) is 42.0. The summed E-state index contributed by atoms with van der Waals surface area (Å²) in [6.07, 6.45) is -15.6. The van der Waals surface area contributed by atoms with Gasteiger partial charge in [0.05, 0.1) is 24.3 Å². The predicted octanol–water partition coefficient (Wildman–Crippen LogP) is -0.261. The fraction of sp³-hybridized carbons (Fsp3) is 0.611. The highest BCUT2D eigenvalue weighted by atomic mass is 16.8. The minimum absolute atomic E-state index is 0.108. The van der Waals surface area contributed by atoms with E-state index in [2.05, 4.69) is 24.5 Å². The zero-order valence-corrected chi connectivity index (χ0v) is 30.1. The molecule has 2 fully saturated rings. The zero-order chi connectivity index (χ0) is 39.0. The van der Waals surface area contributed by atoms with Crippen LogP contribution in [0.1, 0.15) is 61.3 Å². The standard InChI is InChI=1S/C36H52N2O15/c1-5-10-49-19-6-8-21(23(39)12-19)33(47)37-14-25-27(41)29(43)31(45)35(51-25)53-36-32(46)30(44)28(42)26(52-36)15-38-34(48)22-9-7-20(13-24(22)40)50-16-18(4)11-17(2)3/h6-9,12-13,17-18,25-32,35-36,39-46H,5,10-11,14-16H2,1-4H3,(H,37,47)(H,38,48)/t18?,25-,26-,27-,28-,29+,30+,31-,32-,35-,36-/m1/s1. The van der Waals surface area contributed by atoms with Gasteiger partial charge in [-0.25, -0.2) is 0 Å². The molecule has 2 heterocycles. The van der Waals surface area contributed by atoms with Crippen molar-refractivity contribution in [1.29, 1.82) is 0 Å². The summed E-state index contributed by atoms with van der Waals surface area (Å²) < 4.78 is 28.0. The molecule has 1 unspecified atom stereocenters. The van der Waals surface area contributed by atoms with Gasteiger partial charge in [0.1, 0.15) is 71.8 Å². The molecule has 4 rings (SSSR count). The number of aliphatic hydroxyl groups is 6. The van der Waals surface area contributed by atoms with Crippen molar-refractivity contribution in [3.05, 3.63) is 47.5 Å². The molecule has 2 aliphatic rings. The number of nitrogens with one attached hydrogen (secondary N) is 2. The third-order valence-corrected chi connectivity index (χ3v) is 8.84. The Hall–Kier alpha value is -3.78. The van der Waals surface area contributed by atoms with Crippen LogP contribution in [0, 0.1) is 11.8 Å². The third kappa shape index (κ3) is 10.9. The van der Waals surface area contributed by atoms with Crippen LogP contribution in [0.4, 0.5) is 0 Å². The quantitative estimate of drug-likeness (QED) is 0.106. The van der Waals surface area contributed by atoms with E-state index in [1.54, 1.807) is 0 Å². The van der Waals surface area contributed by atoms with Gasteiger partial charge in [-0.1, -0.05) is 27.7 Å². The Morgan fingerprint density at radius 1 is 0.698 bits per heavy atom. The Bertz CT molecular complexity index is 1510. The number of ether oxygens (including phenoxy) is 5. The number of aromatic hydroxyl groups is 2. The minimum Gasteiger partial charge on any atom is -0.507 e. The molecule has 17 nitrogen and oxygen atoms in total. The second kappa shape index (κ2) is 19.0. The van der Waals surface area contributed by atoms with Crippen LogP contribution < -0.4 is 20.1 Å². The van der Waals surface area contributed by atoms with Gasteiger partial charge < -0.3 is 75.2 Å². The Kier molecular flexibility index (Phi) is 15.0. The number of benzene rings is 2. The molecule has 2 amide bonds. The topological polar surface area (TPSA) is 266 Å². The molecular formula is C36H52N2O15. The maximum atomic E-state index is 12.9. The van der Waals surface area contributed by atoms with Crippen molar-refractivity contribution in [3.63, 3.8) is 0 Å². The number of carbonyl (C=O) groups excluding carboxylic acids is 2. The van der Waals surface area contributed by atoms with Gasteiger partial charge in [-0.05, 0) is 48.9 Å². The summed E-state index contributed by atoms with van der Waals surface area (Å²) in [5.41, 5.74) is -0.218. The van der Waals surface area contributed by atoms with E-state index in [-0.39, 0.29) is 28.5 Å². The zero-order valence-electron chi connectivity index (χ0n) is 30.1. The fourth-order valence-electron chi connectivity index (χ4n) is 6.02. The van der Waals surface area contributed by atoms with Gasteiger partial charge in [-0.3, -0.25) is 9.59 Å². The summed E-state index contributed by atoms with van der Waals surface area (Å²) in [7, 11) is 0. The highest BCUT2D eigenvalue weighted by Crippen LogP contribution is 2.30. The largest absolute Gasteiger partial charge is 0.507 e. The molecule has 0 aromatic heterocycles. The first-order valence-corrected chi connectivity index (χ1v) is 17.6. The molecule has 2 saturated heterocycles. The number of carbonyl (C=O) groups is 2. The van der Waals surface area contributed by atoms with Gasteiger partial charge in [0.25, 0.3) is 11.8 Å². The van der Waals surface area contributed by atoms with Crippen LogP contribution in [0.3, 0.4) is 0 Å². The predicted molar refractivity (Wildman–Crippen MR) is 185 cm³/mol. The second-order valence-electron chi connectivity index (χ2n) is 13.8. The van der Waals surface area contributed by atoms with Gasteiger partial charge in [-0.2, -0.15) is 0 Å². The number of rotatable bonds is 16. The molecule has 0 bridgehead atoms. The molecule has 2 aromatic rings. The van der Waals surface area contributed by atoms with Crippen LogP contribution in [0.15, 0.2) is 36.4 Å². The molecule has 17 heteroatoms. The molecule has 11 atom stereocenters. The minimum atomic E-state index is -1.90. The van der Waals surface area contributed by atoms with Crippen molar-refractivity contribution in [1.82, 2.24) is 10.6 Å². The Labute approximate surface area is 307 Å². The average molecular weight is 753 g/mol. The molecular weight excluding hydrogens is 700 g/mol. The van der Waals surface area contributed by atoms with Gasteiger partial charge in [0.2, 0.25) is 0 Å². The molecule has 10 N–H and O–H groups in total. The van der Waals surface area contributed by atoms with Gasteiger partial charge in [-0.15, -0.1) is 0 Å². The van der Waals surface area contributed by atoms with Crippen LogP contribution in [-0.2, 0) is 14.2 Å². The van der Waals surface area contributed by atoms with Crippen LogP contribution in [0.25, 0.3) is 0 Å². The number of aliphatic hydroxyl groups excluding tert-OH is 6. The van der Waals surface area contributed by atoms with Crippen molar-refractivity contribution in [3.8, 4) is 23.0 Å². The molecule has 296 valence electrons. The van der Waals surface area contributed by atoms with Crippen molar-refractivity contribution in [2.24, 2.45) is 11.8 Å². The number of amides is 2. The number of hydrogen-bond acceptors (Lipinski definition) is 15. The van der Waals surface area contributed by atoms with Crippen molar-refractivity contribution in [2.45, 2.75) is 102 Å². The van der Waals surface area contributed by atoms with Crippen LogP contribution in [0.2, 0.25) is 0 Å². The molecule has 0 saturated carbocycles. The van der Waals surface area contributed by atoms with Crippen LogP contribution >= 0.6 is 0 Å². The van der Waals surface area contributed by atoms with Crippen molar-refractivity contribution in [2.75, 3.05) is 26.3 Å². The average Bonchev–Trinajstić information content (AvgIpc) is 3.11. The summed E-state index contributed by atoms with van der Waals surface area (Å²) in [5, 5.41) is 89.3. The van der Waals surface area contributed by atoms with E-state index in [0.717, 1.165) is 12.8 Å². The van der Waals surface area contributed by atoms with E-state index in [9.17, 15) is 50.4 Å². The van der Waals surface area contributed by atoms with Gasteiger partial charge >= 0.3 is 0 Å². The normalized spacial score (nSPS) is 29.3. The molecule has 53 heavy (non-hydrogen) atoms. The molecule has 0 radical (unpaired) electrons. The second-order valence-corrected chi connectivity index (χ2v) is 13.8. The van der Waals surface area contributed by atoms with Crippen LogP contribution in [-0.4, -0.2) is 140 Å². The monoisotopic (exact) mass is 752 g/mol. The van der Waals surface area contributed by atoms with Gasteiger partial charge in [0, 0.05) is 25.2 Å². The van der Waals surface area contributed by atoms with Crippen molar-refractivity contribution < 1.29 is 74.1 Å². The lowest BCUT2D eigenvalue weighted by Gasteiger charge is -2.45. The Morgan fingerprint density at radius 2 is 1.15 bits per heavy atom. The summed E-state index contributed by atoms with van der Waals surface area (Å²) in [6.45, 7) is 8.14. The maximum absolute atomic E-state index is 12.9. The van der Waals surface area contributed by atoms with E-state index < -0.39 is 86.3 Å². The highest BCUT2D eigenvalue weighted by Gasteiger charge is 2.50. The first-order valence-electron chi connectivity index (χ1n) is 17.6. The van der Waals surface area contributed by atoms with Crippen molar-refractivity contribution >= 4 is 11.8 Å². The van der Waals surface area contributed by atoms with E-state index in [1.807, 2.05) is 13.8 Å². The smallest absolute Gasteiger partial charge is 0.255 e. The fourth-order valence-corrected chi connectivity index (χ4v) is 6.02. The molecule has 0 spiro atoms. The Balaban J connectivity index is 1.34. The number of hydrogen-bond donors (Lipinski definition) is 10. The molecule has 2 aromatic carbocycles. The van der Waals surface area contributed by atoms with E-state index in [1.165, 1.54) is 36.4 Å². The first-order chi connectivity index (χ1) is 25.1. The summed E-state index contributed by atoms with van der Waals surface area (Å²) in [6, 6.07) is 8.29. The van der Waals surface area contributed by atoms with Gasteiger partial charge in [0.15, 0.2) is 12.6 Å². The summed E-state index contributed by atoms with van der Waals surface area (Å²) in [4.78, 5) is 25.7. The Morgan fingerprint density at radius 3 is 1.57 bits per heavy atom. The number of phenols is 2. The van der Waals surface area contributed by atoms with E-state index in [4.69, 9.17) is 23.7 Å². The maximum Gasteiger partial charge on any atom is 0.255 e. The SMILES string of the molecule is CCCOc1ccc(C(=O)NC[C@H]2O[C@H](O[C@H]3O[C@H](CNC(=O)c4ccc(OCC(C)CC(C)C)cc4O)[C@@H](O)[C@H](O)[C@H]3O)[C@H](O)[C@@H](O)[C@@H]2O)c(O)c1. The lowest BCUT2D eigenvalue weighted by molar-refractivity contribution is -0.372. The van der Waals surface area contributed by atoms with Crippen LogP contribution in [0.5, 0.6) is 23.0 Å². The summed E-state index contributed by atoms with van der Waals surface area (Å²) in [5.74, 6) is -0.731. The third-order valence-electron chi connectivity index (χ3n) is 8.84. The lowest BCUT2D eigenvalue weighted by Crippen LogP contribution is -2.64.